The van der Waals surface area contributed by atoms with Crippen molar-refractivity contribution in [1.29, 1.82) is 0 Å². The Balaban J connectivity index is 3.29. The number of hydrogen-bond acceptors (Lipinski definition) is 3. The van der Waals surface area contributed by atoms with E-state index in [9.17, 15) is 13.2 Å². The highest BCUT2D eigenvalue weighted by atomic mass is 79.9. The number of rotatable bonds is 6. The fraction of sp³-hybridized carbons (Fsp3) is 0.417. The van der Waals surface area contributed by atoms with Crippen LogP contribution in [0.25, 0.3) is 0 Å². The molecule has 1 aromatic rings. The highest BCUT2D eigenvalue weighted by Crippen LogP contribution is 2.23. The number of halogens is 1. The minimum atomic E-state index is -3.64. The molecule has 0 heterocycles. The molecule has 0 saturated carbocycles. The van der Waals surface area contributed by atoms with Crippen molar-refractivity contribution in [3.63, 3.8) is 0 Å². The zero-order valence-electron chi connectivity index (χ0n) is 10.8. The van der Waals surface area contributed by atoms with Crippen LogP contribution in [0.3, 0.4) is 0 Å². The van der Waals surface area contributed by atoms with Crippen molar-refractivity contribution in [3.8, 4) is 0 Å². The molecule has 0 spiro atoms. The molecule has 0 fully saturated rings. The number of sulfonamides is 1. The van der Waals surface area contributed by atoms with Crippen LogP contribution in [-0.2, 0) is 10.0 Å². The van der Waals surface area contributed by atoms with Crippen LogP contribution in [0.15, 0.2) is 27.6 Å². The summed E-state index contributed by atoms with van der Waals surface area (Å²) in [4.78, 5) is 11.0. The Labute approximate surface area is 121 Å². The number of aromatic carboxylic acids is 1. The van der Waals surface area contributed by atoms with Crippen molar-refractivity contribution in [1.82, 2.24) is 4.31 Å². The zero-order chi connectivity index (χ0) is 14.6. The Morgan fingerprint density at radius 3 is 2.47 bits per heavy atom. The average Bonchev–Trinajstić information content (AvgIpc) is 2.35. The van der Waals surface area contributed by atoms with E-state index in [0.29, 0.717) is 24.0 Å². The maximum Gasteiger partial charge on any atom is 0.336 e. The van der Waals surface area contributed by atoms with Crippen molar-refractivity contribution in [2.45, 2.75) is 25.2 Å². The third kappa shape index (κ3) is 3.55. The normalized spacial score (nSPS) is 11.8. The molecule has 1 aromatic carbocycles. The van der Waals surface area contributed by atoms with Crippen LogP contribution in [0, 0.1) is 0 Å². The molecule has 5 nitrogen and oxygen atoms in total. The second-order valence-electron chi connectivity index (χ2n) is 3.94. The van der Waals surface area contributed by atoms with Crippen molar-refractivity contribution in [2.24, 2.45) is 0 Å². The third-order valence-corrected chi connectivity index (χ3v) is 5.29. The van der Waals surface area contributed by atoms with E-state index >= 15 is 0 Å². The van der Waals surface area contributed by atoms with Gasteiger partial charge >= 0.3 is 5.97 Å². The van der Waals surface area contributed by atoms with Gasteiger partial charge in [-0.1, -0.05) is 13.8 Å². The van der Waals surface area contributed by atoms with Crippen LogP contribution in [0.5, 0.6) is 0 Å². The molecule has 19 heavy (non-hydrogen) atoms. The molecule has 0 saturated heterocycles. The molecule has 0 unspecified atom stereocenters. The summed E-state index contributed by atoms with van der Waals surface area (Å²) in [6.07, 6.45) is 0.704. The molecule has 0 aliphatic carbocycles. The summed E-state index contributed by atoms with van der Waals surface area (Å²) < 4.78 is 26.4. The Bertz CT molecular complexity index is 571. The second kappa shape index (κ2) is 6.49. The first kappa shape index (κ1) is 16.1. The lowest BCUT2D eigenvalue weighted by atomic mass is 10.2. The van der Waals surface area contributed by atoms with Gasteiger partial charge in [-0.25, -0.2) is 13.2 Å². The fourth-order valence-corrected chi connectivity index (χ4v) is 3.66. The van der Waals surface area contributed by atoms with Crippen molar-refractivity contribution >= 4 is 31.9 Å². The molecule has 0 aliphatic heterocycles. The molecule has 7 heteroatoms. The monoisotopic (exact) mass is 349 g/mol. The Morgan fingerprint density at radius 1 is 1.37 bits per heavy atom. The Hall–Kier alpha value is -0.920. The van der Waals surface area contributed by atoms with Gasteiger partial charge < -0.3 is 5.11 Å². The molecule has 0 bridgehead atoms. The second-order valence-corrected chi connectivity index (χ2v) is 6.74. The van der Waals surface area contributed by atoms with Gasteiger partial charge in [0.2, 0.25) is 10.0 Å². The van der Waals surface area contributed by atoms with Gasteiger partial charge in [0.15, 0.2) is 0 Å². The van der Waals surface area contributed by atoms with Gasteiger partial charge in [-0.3, -0.25) is 0 Å². The van der Waals surface area contributed by atoms with Gasteiger partial charge in [-0.05, 0) is 40.5 Å². The number of benzene rings is 1. The van der Waals surface area contributed by atoms with Crippen LogP contribution < -0.4 is 0 Å². The lowest BCUT2D eigenvalue weighted by Crippen LogP contribution is -2.31. The zero-order valence-corrected chi connectivity index (χ0v) is 13.2. The summed E-state index contributed by atoms with van der Waals surface area (Å²) in [7, 11) is -3.64. The topological polar surface area (TPSA) is 74.7 Å². The molecule has 0 atom stereocenters. The molecule has 1 rings (SSSR count). The van der Waals surface area contributed by atoms with Crippen molar-refractivity contribution in [3.05, 3.63) is 28.2 Å². The first-order chi connectivity index (χ1) is 8.84. The van der Waals surface area contributed by atoms with Crippen LogP contribution >= 0.6 is 15.9 Å². The van der Waals surface area contributed by atoms with Gasteiger partial charge in [0.1, 0.15) is 0 Å². The van der Waals surface area contributed by atoms with Gasteiger partial charge in [0.25, 0.3) is 0 Å². The predicted octanol–water partition coefficient (Wildman–Crippen LogP) is 2.57. The van der Waals surface area contributed by atoms with Crippen LogP contribution in [0.2, 0.25) is 0 Å². The van der Waals surface area contributed by atoms with Crippen LogP contribution in [0.1, 0.15) is 30.6 Å². The number of carbonyl (C=O) groups is 1. The number of hydrogen-bond donors (Lipinski definition) is 1. The van der Waals surface area contributed by atoms with Gasteiger partial charge in [0, 0.05) is 17.6 Å². The summed E-state index contributed by atoms with van der Waals surface area (Å²) in [5.74, 6) is -1.16. The highest BCUT2D eigenvalue weighted by molar-refractivity contribution is 9.10. The Kier molecular flexibility index (Phi) is 5.51. The first-order valence-electron chi connectivity index (χ1n) is 5.87. The summed E-state index contributed by atoms with van der Waals surface area (Å²) in [5.41, 5.74) is -0.0615. The predicted molar refractivity (Wildman–Crippen MR) is 75.8 cm³/mol. The van der Waals surface area contributed by atoms with E-state index in [0.717, 1.165) is 0 Å². The molecule has 106 valence electrons. The molecule has 0 aromatic heterocycles. The van der Waals surface area contributed by atoms with E-state index in [4.69, 9.17) is 5.11 Å². The lowest BCUT2D eigenvalue weighted by molar-refractivity contribution is 0.0695. The first-order valence-corrected chi connectivity index (χ1v) is 8.10. The van der Waals surface area contributed by atoms with E-state index in [-0.39, 0.29) is 10.5 Å². The van der Waals surface area contributed by atoms with E-state index in [1.165, 1.54) is 22.5 Å². The van der Waals surface area contributed by atoms with Gasteiger partial charge in [-0.2, -0.15) is 4.31 Å². The van der Waals surface area contributed by atoms with Gasteiger partial charge in [0.05, 0.1) is 10.5 Å². The highest BCUT2D eigenvalue weighted by Gasteiger charge is 2.24. The van der Waals surface area contributed by atoms with Crippen LogP contribution in [0.4, 0.5) is 0 Å². The third-order valence-electron chi connectivity index (χ3n) is 2.63. The maximum absolute atomic E-state index is 12.4. The largest absolute Gasteiger partial charge is 0.478 e. The summed E-state index contributed by atoms with van der Waals surface area (Å²) in [6.45, 7) is 4.42. The molecular weight excluding hydrogens is 334 g/mol. The fourth-order valence-electron chi connectivity index (χ4n) is 1.68. The minimum Gasteiger partial charge on any atom is -0.478 e. The SMILES string of the molecule is CCCN(CC)S(=O)(=O)c1ccc(Br)c(C(=O)O)c1. The minimum absolute atomic E-state index is 0.00315. The maximum atomic E-state index is 12.4. The van der Waals surface area contributed by atoms with E-state index in [1.54, 1.807) is 6.92 Å². The average molecular weight is 350 g/mol. The smallest absolute Gasteiger partial charge is 0.336 e. The molecule has 0 amide bonds. The lowest BCUT2D eigenvalue weighted by Gasteiger charge is -2.20. The summed E-state index contributed by atoms with van der Waals surface area (Å²) >= 11 is 3.09. The van der Waals surface area contributed by atoms with Crippen LogP contribution in [-0.4, -0.2) is 36.9 Å². The van der Waals surface area contributed by atoms with Gasteiger partial charge in [-0.15, -0.1) is 0 Å². The van der Waals surface area contributed by atoms with E-state index in [1.807, 2.05) is 6.92 Å². The number of carboxylic acids is 1. The molecule has 0 aliphatic rings. The summed E-state index contributed by atoms with van der Waals surface area (Å²) in [6, 6.07) is 4.03. The molecular formula is C12H16BrNO4S. The van der Waals surface area contributed by atoms with E-state index in [2.05, 4.69) is 15.9 Å². The number of carboxylic acid groups (broad SMARTS) is 1. The Morgan fingerprint density at radius 2 is 2.00 bits per heavy atom. The van der Waals surface area contributed by atoms with Crippen molar-refractivity contribution in [2.75, 3.05) is 13.1 Å². The quantitative estimate of drug-likeness (QED) is 0.856. The van der Waals surface area contributed by atoms with E-state index < -0.39 is 16.0 Å². The molecule has 1 N–H and O–H groups in total. The standard InChI is InChI=1S/C12H16BrNO4S/c1-3-7-14(4-2)19(17,18)9-5-6-11(13)10(8-9)12(15)16/h5-6,8H,3-4,7H2,1-2H3,(H,15,16). The number of nitrogens with zero attached hydrogens (tertiary/aromatic N) is 1. The summed E-state index contributed by atoms with van der Waals surface area (Å²) in [5, 5.41) is 9.02. The molecule has 0 radical (unpaired) electrons. The van der Waals surface area contributed by atoms with Crippen molar-refractivity contribution < 1.29 is 18.3 Å².